The normalized spacial score (nSPS) is 11.2. The standard InChI is InChI=1S/C21H13N3O5S/c1-12-16(28-19-20(24(26)27)23-9-10-30-21(23)22-19)8-7-14-15(11-17(25)29-18(12)14)13-5-3-2-4-6-13/h2-11H,1H3. The van der Waals surface area contributed by atoms with Gasteiger partial charge in [-0.25, -0.2) is 4.79 Å². The van der Waals surface area contributed by atoms with Crippen molar-refractivity contribution >= 4 is 33.1 Å². The van der Waals surface area contributed by atoms with E-state index in [9.17, 15) is 14.9 Å². The topological polar surface area (TPSA) is 99.9 Å². The van der Waals surface area contributed by atoms with Crippen molar-refractivity contribution in [2.75, 3.05) is 0 Å². The summed E-state index contributed by atoms with van der Waals surface area (Å²) in [6.07, 6.45) is 1.57. The smallest absolute Gasteiger partial charge is 0.393 e. The number of thiazole rings is 1. The second-order valence-electron chi connectivity index (χ2n) is 6.57. The average molecular weight is 419 g/mol. The monoisotopic (exact) mass is 419 g/mol. The van der Waals surface area contributed by atoms with Gasteiger partial charge in [-0.3, -0.25) is 0 Å². The number of nitro groups is 1. The molecule has 0 amide bonds. The maximum absolute atomic E-state index is 12.2. The van der Waals surface area contributed by atoms with E-state index in [-0.39, 0.29) is 11.7 Å². The molecular formula is C21H13N3O5S. The molecule has 0 aliphatic heterocycles. The number of benzene rings is 2. The van der Waals surface area contributed by atoms with Gasteiger partial charge in [0.2, 0.25) is 0 Å². The summed E-state index contributed by atoms with van der Waals surface area (Å²) < 4.78 is 12.6. The molecular weight excluding hydrogens is 406 g/mol. The number of fused-ring (bicyclic) bond motifs is 2. The van der Waals surface area contributed by atoms with Gasteiger partial charge >= 0.3 is 17.3 Å². The van der Waals surface area contributed by atoms with Gasteiger partial charge < -0.3 is 19.3 Å². The van der Waals surface area contributed by atoms with Crippen LogP contribution in [0.15, 0.2) is 69.3 Å². The Morgan fingerprint density at radius 3 is 2.77 bits per heavy atom. The van der Waals surface area contributed by atoms with Crippen LogP contribution in [0.3, 0.4) is 0 Å². The molecule has 0 atom stereocenters. The summed E-state index contributed by atoms with van der Waals surface area (Å²) in [6, 6.07) is 14.4. The Labute approximate surface area is 172 Å². The zero-order valence-corrected chi connectivity index (χ0v) is 16.4. The molecule has 0 bridgehead atoms. The van der Waals surface area contributed by atoms with Crippen molar-refractivity contribution in [3.8, 4) is 22.8 Å². The van der Waals surface area contributed by atoms with Gasteiger partial charge in [0, 0.05) is 22.4 Å². The predicted molar refractivity (Wildman–Crippen MR) is 112 cm³/mol. The zero-order valence-electron chi connectivity index (χ0n) is 15.6. The van der Waals surface area contributed by atoms with Crippen molar-refractivity contribution in [3.63, 3.8) is 0 Å². The summed E-state index contributed by atoms with van der Waals surface area (Å²) in [5.41, 5.74) is 2.05. The minimum Gasteiger partial charge on any atom is -0.432 e. The lowest BCUT2D eigenvalue weighted by molar-refractivity contribution is -0.391. The van der Waals surface area contributed by atoms with Crippen molar-refractivity contribution in [1.82, 2.24) is 9.38 Å². The number of rotatable bonds is 4. The lowest BCUT2D eigenvalue weighted by Crippen LogP contribution is -2.00. The van der Waals surface area contributed by atoms with Gasteiger partial charge in [0.1, 0.15) is 17.5 Å². The molecule has 9 heteroatoms. The Morgan fingerprint density at radius 2 is 2.00 bits per heavy atom. The lowest BCUT2D eigenvalue weighted by Gasteiger charge is -2.11. The number of aryl methyl sites for hydroxylation is 1. The Bertz CT molecular complexity index is 1480. The molecule has 0 unspecified atom stereocenters. The first-order valence-electron chi connectivity index (χ1n) is 8.93. The van der Waals surface area contributed by atoms with E-state index in [0.717, 1.165) is 16.5 Å². The number of imidazole rings is 1. The summed E-state index contributed by atoms with van der Waals surface area (Å²) >= 11 is 1.27. The third-order valence-corrected chi connectivity index (χ3v) is 5.54. The van der Waals surface area contributed by atoms with Gasteiger partial charge in [-0.05, 0) is 35.1 Å². The molecule has 3 heterocycles. The van der Waals surface area contributed by atoms with E-state index in [2.05, 4.69) is 4.98 Å². The number of hydrogen-bond donors (Lipinski definition) is 0. The third kappa shape index (κ3) is 2.83. The third-order valence-electron chi connectivity index (χ3n) is 4.78. The van der Waals surface area contributed by atoms with E-state index in [4.69, 9.17) is 9.15 Å². The molecule has 0 saturated heterocycles. The van der Waals surface area contributed by atoms with E-state index in [1.54, 1.807) is 30.6 Å². The van der Waals surface area contributed by atoms with Gasteiger partial charge in [0.15, 0.2) is 0 Å². The molecule has 3 aromatic heterocycles. The minimum absolute atomic E-state index is 0.115. The van der Waals surface area contributed by atoms with Crippen LogP contribution in [0, 0.1) is 17.0 Å². The molecule has 8 nitrogen and oxygen atoms in total. The molecule has 0 aliphatic carbocycles. The number of aromatic nitrogens is 2. The highest BCUT2D eigenvalue weighted by molar-refractivity contribution is 7.15. The number of ether oxygens (including phenoxy) is 1. The largest absolute Gasteiger partial charge is 0.432 e. The molecule has 0 N–H and O–H groups in total. The first-order chi connectivity index (χ1) is 14.5. The Hall–Kier alpha value is -3.98. The highest BCUT2D eigenvalue weighted by Crippen LogP contribution is 2.38. The van der Waals surface area contributed by atoms with Gasteiger partial charge in [-0.2, -0.15) is 9.38 Å². The molecule has 0 saturated carbocycles. The maximum Gasteiger partial charge on any atom is 0.393 e. The summed E-state index contributed by atoms with van der Waals surface area (Å²) in [6.45, 7) is 1.74. The number of hydrogen-bond acceptors (Lipinski definition) is 7. The van der Waals surface area contributed by atoms with Crippen LogP contribution in [0.2, 0.25) is 0 Å². The highest BCUT2D eigenvalue weighted by Gasteiger charge is 2.26. The molecule has 5 rings (SSSR count). The SMILES string of the molecule is Cc1c(Oc2nc3sccn3c2[N+](=O)[O-])ccc2c(-c3ccccc3)cc(=O)oc12. The van der Waals surface area contributed by atoms with E-state index in [0.29, 0.717) is 21.9 Å². The van der Waals surface area contributed by atoms with E-state index < -0.39 is 10.5 Å². The van der Waals surface area contributed by atoms with Crippen LogP contribution < -0.4 is 10.4 Å². The highest BCUT2D eigenvalue weighted by atomic mass is 32.1. The van der Waals surface area contributed by atoms with Crippen LogP contribution in [0.4, 0.5) is 5.82 Å². The summed E-state index contributed by atoms with van der Waals surface area (Å²) in [4.78, 5) is 27.9. The van der Waals surface area contributed by atoms with Crippen LogP contribution in [0.25, 0.3) is 27.1 Å². The molecule has 5 aromatic rings. The zero-order chi connectivity index (χ0) is 20.8. The molecule has 0 radical (unpaired) electrons. The van der Waals surface area contributed by atoms with E-state index >= 15 is 0 Å². The van der Waals surface area contributed by atoms with Crippen molar-refractivity contribution < 1.29 is 14.1 Å². The number of nitrogens with zero attached hydrogens (tertiary/aromatic N) is 3. The summed E-state index contributed by atoms with van der Waals surface area (Å²) in [5, 5.41) is 14.0. The fraction of sp³-hybridized carbons (Fsp3) is 0.0476. The van der Waals surface area contributed by atoms with Crippen molar-refractivity contribution in [1.29, 1.82) is 0 Å². The van der Waals surface area contributed by atoms with Crippen molar-refractivity contribution in [2.45, 2.75) is 6.92 Å². The van der Waals surface area contributed by atoms with Gasteiger partial charge in [0.05, 0.1) is 0 Å². The quantitative estimate of drug-likeness (QED) is 0.226. The van der Waals surface area contributed by atoms with Crippen LogP contribution in [-0.2, 0) is 0 Å². The molecule has 2 aromatic carbocycles. The van der Waals surface area contributed by atoms with Gasteiger partial charge in [0.25, 0.3) is 4.96 Å². The average Bonchev–Trinajstić information content (AvgIpc) is 3.31. The first kappa shape index (κ1) is 18.1. The second kappa shape index (κ2) is 6.82. The molecule has 0 fully saturated rings. The van der Waals surface area contributed by atoms with Crippen LogP contribution in [0.1, 0.15) is 5.56 Å². The fourth-order valence-corrected chi connectivity index (χ4v) is 4.10. The lowest BCUT2D eigenvalue weighted by atomic mass is 10.0. The molecule has 0 spiro atoms. The fourth-order valence-electron chi connectivity index (χ4n) is 3.40. The first-order valence-corrected chi connectivity index (χ1v) is 9.81. The van der Waals surface area contributed by atoms with Crippen LogP contribution in [0.5, 0.6) is 11.6 Å². The Morgan fingerprint density at radius 1 is 1.20 bits per heavy atom. The van der Waals surface area contributed by atoms with E-state index in [1.165, 1.54) is 21.8 Å². The molecule has 148 valence electrons. The maximum atomic E-state index is 12.2. The molecule has 0 aliphatic rings. The Kier molecular flexibility index (Phi) is 4.11. The Balaban J connectivity index is 1.67. The minimum atomic E-state index is -0.536. The molecule has 30 heavy (non-hydrogen) atoms. The van der Waals surface area contributed by atoms with Crippen molar-refractivity contribution in [2.24, 2.45) is 0 Å². The van der Waals surface area contributed by atoms with Gasteiger partial charge in [-0.15, -0.1) is 0 Å². The second-order valence-corrected chi connectivity index (χ2v) is 7.44. The van der Waals surface area contributed by atoms with Crippen LogP contribution in [-0.4, -0.2) is 14.3 Å². The predicted octanol–water partition coefficient (Wildman–Crippen LogP) is 5.18. The van der Waals surface area contributed by atoms with Gasteiger partial charge in [-0.1, -0.05) is 41.7 Å². The summed E-state index contributed by atoms with van der Waals surface area (Å²) in [5.74, 6) is -0.0502. The van der Waals surface area contributed by atoms with E-state index in [1.807, 2.05) is 30.3 Å². The summed E-state index contributed by atoms with van der Waals surface area (Å²) in [7, 11) is 0. The van der Waals surface area contributed by atoms with Crippen molar-refractivity contribution in [3.05, 3.63) is 86.2 Å². The van der Waals surface area contributed by atoms with Crippen LogP contribution >= 0.6 is 11.3 Å².